The predicted octanol–water partition coefficient (Wildman–Crippen LogP) is 4.56. The molecular formula is C26H28FN3O4S. The van der Waals surface area contributed by atoms with Gasteiger partial charge in [-0.15, -0.1) is 11.8 Å². The Bertz CT molecular complexity index is 1190. The molecule has 0 bridgehead atoms. The molecule has 1 saturated heterocycles. The topological polar surface area (TPSA) is 92.6 Å². The zero-order valence-corrected chi connectivity index (χ0v) is 20.3. The number of likely N-dealkylation sites (tertiary alicyclic amines) is 1. The van der Waals surface area contributed by atoms with Gasteiger partial charge in [-0.25, -0.2) is 9.37 Å². The van der Waals surface area contributed by atoms with Crippen LogP contribution >= 0.6 is 11.8 Å². The molecule has 2 aromatic heterocycles. The SMILES string of the molecule is COc1ccc2ncc(F)c(C(=O)CCC3CCN(CCSc4ccccn4)CC3C(=O)O)c2c1. The molecule has 1 N–H and O–H groups in total. The number of pyridine rings is 2. The summed E-state index contributed by atoms with van der Waals surface area (Å²) < 4.78 is 19.9. The number of hydrogen-bond acceptors (Lipinski definition) is 7. The lowest BCUT2D eigenvalue weighted by Gasteiger charge is -2.36. The first-order valence-corrected chi connectivity index (χ1v) is 12.6. The number of thioether (sulfide) groups is 1. The number of fused-ring (bicyclic) bond motifs is 1. The van der Waals surface area contributed by atoms with E-state index < -0.39 is 17.7 Å². The van der Waals surface area contributed by atoms with Crippen molar-refractivity contribution >= 4 is 34.4 Å². The van der Waals surface area contributed by atoms with Crippen LogP contribution in [-0.4, -0.2) is 64.2 Å². The van der Waals surface area contributed by atoms with Gasteiger partial charge in [0.25, 0.3) is 0 Å². The molecule has 0 amide bonds. The molecule has 3 heterocycles. The first-order chi connectivity index (χ1) is 17.0. The Balaban J connectivity index is 1.37. The Morgan fingerprint density at radius 1 is 1.26 bits per heavy atom. The molecule has 1 aliphatic rings. The number of hydrogen-bond donors (Lipinski definition) is 1. The predicted molar refractivity (Wildman–Crippen MR) is 132 cm³/mol. The first-order valence-electron chi connectivity index (χ1n) is 11.6. The van der Waals surface area contributed by atoms with E-state index >= 15 is 0 Å². The van der Waals surface area contributed by atoms with Crippen molar-refractivity contribution in [2.75, 3.05) is 32.5 Å². The zero-order chi connectivity index (χ0) is 24.8. The summed E-state index contributed by atoms with van der Waals surface area (Å²) in [7, 11) is 1.51. The maximum absolute atomic E-state index is 14.6. The van der Waals surface area contributed by atoms with Gasteiger partial charge in [-0.05, 0) is 55.6 Å². The van der Waals surface area contributed by atoms with E-state index in [9.17, 15) is 19.1 Å². The van der Waals surface area contributed by atoms with Crippen LogP contribution in [0.15, 0.2) is 53.8 Å². The smallest absolute Gasteiger partial charge is 0.308 e. The molecular weight excluding hydrogens is 469 g/mol. The largest absolute Gasteiger partial charge is 0.497 e. The van der Waals surface area contributed by atoms with E-state index in [1.165, 1.54) is 7.11 Å². The average Bonchev–Trinajstić information content (AvgIpc) is 2.87. The molecule has 2 unspecified atom stereocenters. The molecule has 184 valence electrons. The Labute approximate surface area is 207 Å². The molecule has 3 aromatic rings. The van der Waals surface area contributed by atoms with Gasteiger partial charge in [0.05, 0.1) is 35.3 Å². The van der Waals surface area contributed by atoms with Gasteiger partial charge in [-0.3, -0.25) is 14.6 Å². The van der Waals surface area contributed by atoms with Crippen LogP contribution in [0.1, 0.15) is 29.6 Å². The van der Waals surface area contributed by atoms with Crippen molar-refractivity contribution in [1.82, 2.24) is 14.9 Å². The minimum absolute atomic E-state index is 0.00948. The maximum atomic E-state index is 14.6. The highest BCUT2D eigenvalue weighted by atomic mass is 32.2. The minimum Gasteiger partial charge on any atom is -0.497 e. The minimum atomic E-state index is -0.852. The summed E-state index contributed by atoms with van der Waals surface area (Å²) in [6.07, 6.45) is 3.99. The van der Waals surface area contributed by atoms with Gasteiger partial charge in [0.2, 0.25) is 0 Å². The molecule has 2 atom stereocenters. The number of methoxy groups -OCH3 is 1. The highest BCUT2D eigenvalue weighted by Gasteiger charge is 2.34. The van der Waals surface area contributed by atoms with Crippen molar-refractivity contribution in [3.8, 4) is 5.75 Å². The number of carbonyl (C=O) groups is 2. The van der Waals surface area contributed by atoms with Crippen LogP contribution in [0.5, 0.6) is 5.75 Å². The highest BCUT2D eigenvalue weighted by molar-refractivity contribution is 7.99. The molecule has 1 fully saturated rings. The summed E-state index contributed by atoms with van der Waals surface area (Å²) in [5.74, 6) is -1.23. The van der Waals surface area contributed by atoms with Crippen molar-refractivity contribution in [3.63, 3.8) is 0 Å². The fourth-order valence-electron chi connectivity index (χ4n) is 4.61. The highest BCUT2D eigenvalue weighted by Crippen LogP contribution is 2.31. The average molecular weight is 498 g/mol. The number of benzene rings is 1. The molecule has 35 heavy (non-hydrogen) atoms. The Morgan fingerprint density at radius 2 is 2.11 bits per heavy atom. The van der Waals surface area contributed by atoms with Gasteiger partial charge in [0.15, 0.2) is 11.6 Å². The van der Waals surface area contributed by atoms with Crippen molar-refractivity contribution in [2.24, 2.45) is 11.8 Å². The van der Waals surface area contributed by atoms with Gasteiger partial charge in [-0.1, -0.05) is 6.07 Å². The third-order valence-electron chi connectivity index (χ3n) is 6.50. The number of nitrogens with zero attached hydrogens (tertiary/aromatic N) is 3. The number of carboxylic acid groups (broad SMARTS) is 1. The summed E-state index contributed by atoms with van der Waals surface area (Å²) in [5.41, 5.74) is 0.501. The quantitative estimate of drug-likeness (QED) is 0.322. The van der Waals surface area contributed by atoms with E-state index in [0.717, 1.165) is 30.1 Å². The Kier molecular flexibility index (Phi) is 8.30. The van der Waals surface area contributed by atoms with Crippen molar-refractivity contribution < 1.29 is 23.8 Å². The van der Waals surface area contributed by atoms with Gasteiger partial charge in [0.1, 0.15) is 5.75 Å². The monoisotopic (exact) mass is 497 g/mol. The van der Waals surface area contributed by atoms with E-state index in [1.807, 2.05) is 18.2 Å². The van der Waals surface area contributed by atoms with Crippen LogP contribution in [0.25, 0.3) is 10.9 Å². The van der Waals surface area contributed by atoms with Gasteiger partial charge in [0, 0.05) is 36.8 Å². The second-order valence-corrected chi connectivity index (χ2v) is 9.75. The number of ether oxygens (including phenoxy) is 1. The lowest BCUT2D eigenvalue weighted by molar-refractivity contribution is -0.146. The van der Waals surface area contributed by atoms with E-state index in [0.29, 0.717) is 36.0 Å². The number of piperidine rings is 1. The van der Waals surface area contributed by atoms with Crippen LogP contribution in [0.3, 0.4) is 0 Å². The zero-order valence-electron chi connectivity index (χ0n) is 19.5. The molecule has 4 rings (SSSR count). The number of aromatic nitrogens is 2. The summed E-state index contributed by atoms with van der Waals surface area (Å²) in [6.45, 7) is 1.99. The number of ketones is 1. The van der Waals surface area contributed by atoms with Crippen molar-refractivity contribution in [1.29, 1.82) is 0 Å². The van der Waals surface area contributed by atoms with Crippen LogP contribution in [0.4, 0.5) is 4.39 Å². The third kappa shape index (κ3) is 6.15. The van der Waals surface area contributed by atoms with E-state index in [2.05, 4.69) is 14.9 Å². The standard InChI is InChI=1S/C26H28FN3O4S/c1-34-18-6-7-22-19(14-18)25(21(27)15-29-22)23(31)8-5-17-9-11-30(16-20(17)26(32)33)12-13-35-24-4-2-3-10-28-24/h2-4,6-7,10,14-15,17,20H,5,8-9,11-13,16H2,1H3,(H,32,33). The van der Waals surface area contributed by atoms with Crippen molar-refractivity contribution in [2.45, 2.75) is 24.3 Å². The number of carbonyl (C=O) groups excluding carboxylic acids is 1. The number of Topliss-reactive ketones (excluding diaryl/α,β-unsaturated/α-hetero) is 1. The molecule has 1 aromatic carbocycles. The lowest BCUT2D eigenvalue weighted by Crippen LogP contribution is -2.44. The van der Waals surface area contributed by atoms with E-state index in [-0.39, 0.29) is 23.7 Å². The molecule has 0 saturated carbocycles. The normalized spacial score (nSPS) is 18.5. The molecule has 9 heteroatoms. The van der Waals surface area contributed by atoms with Crippen molar-refractivity contribution in [3.05, 3.63) is 60.2 Å². The molecule has 7 nitrogen and oxygen atoms in total. The number of rotatable bonds is 10. The third-order valence-corrected chi connectivity index (χ3v) is 7.43. The van der Waals surface area contributed by atoms with Gasteiger partial charge < -0.3 is 14.7 Å². The Morgan fingerprint density at radius 3 is 2.86 bits per heavy atom. The van der Waals surface area contributed by atoms with Gasteiger partial charge in [-0.2, -0.15) is 0 Å². The van der Waals surface area contributed by atoms with Crippen LogP contribution < -0.4 is 4.74 Å². The fourth-order valence-corrected chi connectivity index (χ4v) is 5.48. The van der Waals surface area contributed by atoms with Crippen LogP contribution in [-0.2, 0) is 4.79 Å². The van der Waals surface area contributed by atoms with Crippen LogP contribution in [0, 0.1) is 17.7 Å². The maximum Gasteiger partial charge on any atom is 0.308 e. The summed E-state index contributed by atoms with van der Waals surface area (Å²) in [4.78, 5) is 35.6. The second-order valence-electron chi connectivity index (χ2n) is 8.64. The molecule has 0 spiro atoms. The summed E-state index contributed by atoms with van der Waals surface area (Å²) in [6, 6.07) is 10.8. The first kappa shape index (κ1) is 25.1. The van der Waals surface area contributed by atoms with E-state index in [1.54, 1.807) is 36.2 Å². The number of halogens is 1. The summed E-state index contributed by atoms with van der Waals surface area (Å²) in [5, 5.41) is 11.2. The van der Waals surface area contributed by atoms with Gasteiger partial charge >= 0.3 is 5.97 Å². The second kappa shape index (κ2) is 11.6. The molecule has 0 radical (unpaired) electrons. The van der Waals surface area contributed by atoms with E-state index in [4.69, 9.17) is 4.74 Å². The fraction of sp³-hybridized carbons (Fsp3) is 0.385. The number of carboxylic acids is 1. The molecule has 0 aliphatic carbocycles. The number of aliphatic carboxylic acids is 1. The Hall–Kier alpha value is -3.04. The molecule has 1 aliphatic heterocycles. The van der Waals surface area contributed by atoms with Crippen LogP contribution in [0.2, 0.25) is 0 Å². The lowest BCUT2D eigenvalue weighted by atomic mass is 9.81. The summed E-state index contributed by atoms with van der Waals surface area (Å²) >= 11 is 1.65.